The fourth-order valence-corrected chi connectivity index (χ4v) is 2.06. The molecule has 0 amide bonds. The van der Waals surface area contributed by atoms with Crippen LogP contribution < -0.4 is 0 Å². The van der Waals surface area contributed by atoms with Crippen LogP contribution in [0.5, 0.6) is 0 Å². The Morgan fingerprint density at radius 3 is 3.14 bits per heavy atom. The lowest BCUT2D eigenvalue weighted by atomic mass is 10.2. The highest BCUT2D eigenvalue weighted by atomic mass is 32.2. The van der Waals surface area contributed by atoms with Crippen LogP contribution in [0, 0.1) is 11.3 Å². The molecular formula is C11H8N2S. The van der Waals surface area contributed by atoms with E-state index in [0.717, 1.165) is 10.3 Å². The van der Waals surface area contributed by atoms with Crippen LogP contribution in [-0.4, -0.2) is 10.7 Å². The number of aromatic nitrogens is 1. The first-order valence-electron chi connectivity index (χ1n) is 4.24. The van der Waals surface area contributed by atoms with Gasteiger partial charge in [-0.1, -0.05) is 12.1 Å². The van der Waals surface area contributed by atoms with Gasteiger partial charge in [0.25, 0.3) is 0 Å². The Labute approximate surface area is 86.6 Å². The molecule has 0 saturated heterocycles. The van der Waals surface area contributed by atoms with Crippen molar-refractivity contribution in [3.8, 4) is 6.07 Å². The molecule has 3 heteroatoms. The third-order valence-electron chi connectivity index (χ3n) is 1.93. The van der Waals surface area contributed by atoms with Gasteiger partial charge in [-0.15, -0.1) is 11.8 Å². The number of fused-ring (bicyclic) bond motifs is 1. The molecule has 0 bridgehead atoms. The van der Waals surface area contributed by atoms with E-state index in [4.69, 9.17) is 5.26 Å². The van der Waals surface area contributed by atoms with Crippen molar-refractivity contribution in [1.82, 2.24) is 4.98 Å². The Balaban J connectivity index is 2.49. The van der Waals surface area contributed by atoms with Gasteiger partial charge in [-0.3, -0.25) is 4.98 Å². The summed E-state index contributed by atoms with van der Waals surface area (Å²) in [5.74, 6) is 0.488. The van der Waals surface area contributed by atoms with Crippen molar-refractivity contribution in [3.63, 3.8) is 0 Å². The van der Waals surface area contributed by atoms with E-state index in [1.807, 2.05) is 30.5 Å². The Morgan fingerprint density at radius 1 is 1.36 bits per heavy atom. The Bertz CT molecular complexity index is 483. The molecule has 0 atom stereocenters. The van der Waals surface area contributed by atoms with Gasteiger partial charge >= 0.3 is 0 Å². The molecule has 1 heterocycles. The average molecular weight is 200 g/mol. The number of nitrogens with zero attached hydrogens (tertiary/aromatic N) is 2. The van der Waals surface area contributed by atoms with Gasteiger partial charge in [-0.05, 0) is 17.5 Å². The van der Waals surface area contributed by atoms with Gasteiger partial charge in [0.05, 0.1) is 11.8 Å². The Morgan fingerprint density at radius 2 is 2.29 bits per heavy atom. The van der Waals surface area contributed by atoms with Crippen molar-refractivity contribution in [2.24, 2.45) is 0 Å². The monoisotopic (exact) mass is 200 g/mol. The molecule has 14 heavy (non-hydrogen) atoms. The molecule has 0 aliphatic rings. The smallest absolute Gasteiger partial charge is 0.0855 e. The fourth-order valence-electron chi connectivity index (χ4n) is 1.33. The standard InChI is InChI=1S/C11H8N2S/c12-5-7-14-11-3-1-2-9-8-13-6-4-10(9)11/h1-4,6,8H,7H2. The molecule has 68 valence electrons. The van der Waals surface area contributed by atoms with Crippen LogP contribution in [0.15, 0.2) is 41.6 Å². The number of rotatable bonds is 2. The van der Waals surface area contributed by atoms with Gasteiger partial charge in [-0.25, -0.2) is 0 Å². The molecule has 1 aromatic carbocycles. The molecule has 1 aromatic heterocycles. The first kappa shape index (κ1) is 9.04. The summed E-state index contributed by atoms with van der Waals surface area (Å²) in [5.41, 5.74) is 0. The summed E-state index contributed by atoms with van der Waals surface area (Å²) in [7, 11) is 0. The predicted molar refractivity (Wildman–Crippen MR) is 58.1 cm³/mol. The maximum Gasteiger partial charge on any atom is 0.0855 e. The van der Waals surface area contributed by atoms with Gasteiger partial charge in [0.2, 0.25) is 0 Å². The maximum atomic E-state index is 8.52. The molecular weight excluding hydrogens is 192 g/mol. The number of benzene rings is 1. The Hall–Kier alpha value is -1.53. The molecule has 0 fully saturated rings. The zero-order chi connectivity index (χ0) is 9.80. The van der Waals surface area contributed by atoms with Crippen LogP contribution in [0.3, 0.4) is 0 Å². The van der Waals surface area contributed by atoms with Crippen molar-refractivity contribution in [2.75, 3.05) is 5.75 Å². The maximum absolute atomic E-state index is 8.52. The number of hydrogen-bond acceptors (Lipinski definition) is 3. The quantitative estimate of drug-likeness (QED) is 0.699. The van der Waals surface area contributed by atoms with Crippen molar-refractivity contribution < 1.29 is 0 Å². The van der Waals surface area contributed by atoms with Crippen LogP contribution in [0.4, 0.5) is 0 Å². The highest BCUT2D eigenvalue weighted by Gasteiger charge is 1.99. The summed E-state index contributed by atoms with van der Waals surface area (Å²) in [6, 6.07) is 10.2. The van der Waals surface area contributed by atoms with Crippen molar-refractivity contribution >= 4 is 22.5 Å². The van der Waals surface area contributed by atoms with Gasteiger partial charge in [-0.2, -0.15) is 5.26 Å². The van der Waals surface area contributed by atoms with Gasteiger partial charge in [0.15, 0.2) is 0 Å². The Kier molecular flexibility index (Phi) is 2.66. The van der Waals surface area contributed by atoms with Crippen molar-refractivity contribution in [1.29, 1.82) is 5.26 Å². The topological polar surface area (TPSA) is 36.7 Å². The zero-order valence-corrected chi connectivity index (χ0v) is 8.29. The highest BCUT2D eigenvalue weighted by molar-refractivity contribution is 7.99. The minimum absolute atomic E-state index is 0.488. The molecule has 0 aliphatic heterocycles. The minimum Gasteiger partial charge on any atom is -0.264 e. The summed E-state index contributed by atoms with van der Waals surface area (Å²) < 4.78 is 0. The van der Waals surface area contributed by atoms with E-state index < -0.39 is 0 Å². The van der Waals surface area contributed by atoms with Crippen LogP contribution in [-0.2, 0) is 0 Å². The van der Waals surface area contributed by atoms with Crippen LogP contribution in [0.2, 0.25) is 0 Å². The average Bonchev–Trinajstić information content (AvgIpc) is 2.26. The normalized spacial score (nSPS) is 9.93. The second kappa shape index (κ2) is 4.12. The molecule has 2 nitrogen and oxygen atoms in total. The van der Waals surface area contributed by atoms with E-state index in [2.05, 4.69) is 11.1 Å². The molecule has 2 aromatic rings. The lowest BCUT2D eigenvalue weighted by Gasteiger charge is -2.02. The second-order valence-electron chi connectivity index (χ2n) is 2.80. The van der Waals surface area contributed by atoms with Crippen LogP contribution in [0.25, 0.3) is 10.8 Å². The third kappa shape index (κ3) is 1.70. The number of pyridine rings is 1. The number of hydrogen-bond donors (Lipinski definition) is 0. The summed E-state index contributed by atoms with van der Waals surface area (Å²) in [6.07, 6.45) is 3.62. The predicted octanol–water partition coefficient (Wildman–Crippen LogP) is 2.85. The molecule has 0 radical (unpaired) electrons. The van der Waals surface area contributed by atoms with Gasteiger partial charge < -0.3 is 0 Å². The van der Waals surface area contributed by atoms with Crippen LogP contribution in [0.1, 0.15) is 0 Å². The largest absolute Gasteiger partial charge is 0.264 e. The van der Waals surface area contributed by atoms with Crippen molar-refractivity contribution in [2.45, 2.75) is 4.90 Å². The van der Waals surface area contributed by atoms with Gasteiger partial charge in [0, 0.05) is 22.7 Å². The first-order chi connectivity index (χ1) is 6.92. The summed E-state index contributed by atoms with van der Waals surface area (Å²) in [6.45, 7) is 0. The highest BCUT2D eigenvalue weighted by Crippen LogP contribution is 2.26. The molecule has 0 saturated carbocycles. The number of thioether (sulfide) groups is 1. The minimum atomic E-state index is 0.488. The van der Waals surface area contributed by atoms with E-state index >= 15 is 0 Å². The first-order valence-corrected chi connectivity index (χ1v) is 5.23. The van der Waals surface area contributed by atoms with Gasteiger partial charge in [0.1, 0.15) is 0 Å². The molecule has 0 aliphatic carbocycles. The lowest BCUT2D eigenvalue weighted by molar-refractivity contribution is 1.35. The molecule has 0 unspecified atom stereocenters. The van der Waals surface area contributed by atoms with Crippen molar-refractivity contribution in [3.05, 3.63) is 36.7 Å². The second-order valence-corrected chi connectivity index (χ2v) is 3.82. The lowest BCUT2D eigenvalue weighted by Crippen LogP contribution is -1.79. The van der Waals surface area contributed by atoms with E-state index in [-0.39, 0.29) is 0 Å². The fraction of sp³-hybridized carbons (Fsp3) is 0.0909. The molecule has 2 rings (SSSR count). The summed E-state index contributed by atoms with van der Waals surface area (Å²) in [5, 5.41) is 10.8. The third-order valence-corrected chi connectivity index (χ3v) is 2.87. The molecule has 0 spiro atoms. The summed E-state index contributed by atoms with van der Waals surface area (Å²) in [4.78, 5) is 5.20. The van der Waals surface area contributed by atoms with Crippen LogP contribution >= 0.6 is 11.8 Å². The summed E-state index contributed by atoms with van der Waals surface area (Å²) >= 11 is 1.56. The SMILES string of the molecule is N#CCSc1cccc2cnccc12. The van der Waals surface area contributed by atoms with E-state index in [9.17, 15) is 0 Å². The zero-order valence-electron chi connectivity index (χ0n) is 7.47. The van der Waals surface area contributed by atoms with E-state index in [1.165, 1.54) is 5.39 Å². The molecule has 0 N–H and O–H groups in total. The van der Waals surface area contributed by atoms with E-state index in [0.29, 0.717) is 5.75 Å². The van der Waals surface area contributed by atoms with E-state index in [1.54, 1.807) is 18.0 Å². The number of nitriles is 1.